The molecule has 0 saturated heterocycles. The minimum atomic E-state index is -4.80. The van der Waals surface area contributed by atoms with Crippen molar-refractivity contribution in [1.82, 2.24) is 10.3 Å². The third kappa shape index (κ3) is 4.01. The lowest BCUT2D eigenvalue weighted by Gasteiger charge is -2.15. The molecule has 1 aromatic rings. The van der Waals surface area contributed by atoms with Crippen LogP contribution in [0.2, 0.25) is 10.2 Å². The Balaban J connectivity index is 2.69. The summed E-state index contributed by atoms with van der Waals surface area (Å²) in [4.78, 5) is 15.1. The number of aliphatic hydroxyl groups excluding tert-OH is 1. The van der Waals surface area contributed by atoms with Gasteiger partial charge in [0.25, 0.3) is 5.91 Å². The van der Waals surface area contributed by atoms with Gasteiger partial charge in [-0.3, -0.25) is 4.79 Å². The van der Waals surface area contributed by atoms with Crippen LogP contribution in [0.1, 0.15) is 10.4 Å². The molecule has 4 nitrogen and oxygen atoms in total. The summed E-state index contributed by atoms with van der Waals surface area (Å²) >= 11 is 11.1. The van der Waals surface area contributed by atoms with Crippen LogP contribution in [0.4, 0.5) is 13.2 Å². The number of pyridine rings is 1. The molecule has 1 heterocycles. The summed E-state index contributed by atoms with van der Waals surface area (Å²) in [5.74, 6) is -0.882. The van der Waals surface area contributed by atoms with E-state index in [1.165, 1.54) is 0 Å². The maximum absolute atomic E-state index is 12.0. The second kappa shape index (κ2) is 5.73. The Morgan fingerprint density at radius 2 is 2.11 bits per heavy atom. The van der Waals surface area contributed by atoms with E-state index in [-0.39, 0.29) is 15.7 Å². The van der Waals surface area contributed by atoms with Crippen LogP contribution in [0.3, 0.4) is 0 Å². The number of halogens is 5. The monoisotopic (exact) mass is 302 g/mol. The van der Waals surface area contributed by atoms with Gasteiger partial charge in [0.15, 0.2) is 6.10 Å². The molecular weight excluding hydrogens is 296 g/mol. The number of nitrogens with zero attached hydrogens (tertiary/aromatic N) is 1. The first-order chi connectivity index (χ1) is 8.21. The van der Waals surface area contributed by atoms with Crippen molar-refractivity contribution in [3.8, 4) is 0 Å². The zero-order chi connectivity index (χ0) is 13.9. The van der Waals surface area contributed by atoms with E-state index in [9.17, 15) is 18.0 Å². The molecule has 0 aromatic carbocycles. The lowest BCUT2D eigenvalue weighted by molar-refractivity contribution is -0.201. The molecule has 100 valence electrons. The number of alkyl halides is 3. The summed E-state index contributed by atoms with van der Waals surface area (Å²) in [5, 5.41) is 10.5. The summed E-state index contributed by atoms with van der Waals surface area (Å²) in [7, 11) is 0. The average Bonchev–Trinajstić information content (AvgIpc) is 2.27. The number of carbonyl (C=O) groups excluding carboxylic acids is 1. The molecule has 2 N–H and O–H groups in total. The smallest absolute Gasteiger partial charge is 0.382 e. The molecule has 0 aliphatic carbocycles. The first kappa shape index (κ1) is 15.0. The second-order valence-corrected chi connectivity index (χ2v) is 4.05. The van der Waals surface area contributed by atoms with Crippen LogP contribution >= 0.6 is 23.2 Å². The Morgan fingerprint density at radius 1 is 1.50 bits per heavy atom. The lowest BCUT2D eigenvalue weighted by Crippen LogP contribution is -2.40. The maximum atomic E-state index is 12.0. The van der Waals surface area contributed by atoms with Crippen molar-refractivity contribution in [1.29, 1.82) is 0 Å². The van der Waals surface area contributed by atoms with Gasteiger partial charge in [-0.15, -0.1) is 0 Å². The van der Waals surface area contributed by atoms with Crippen LogP contribution in [-0.4, -0.2) is 34.8 Å². The van der Waals surface area contributed by atoms with Gasteiger partial charge in [-0.25, -0.2) is 4.98 Å². The Labute approximate surface area is 110 Å². The van der Waals surface area contributed by atoms with E-state index in [2.05, 4.69) is 4.98 Å². The molecule has 0 spiro atoms. The van der Waals surface area contributed by atoms with Crippen LogP contribution in [0.5, 0.6) is 0 Å². The Bertz CT molecular complexity index is 454. The topological polar surface area (TPSA) is 62.2 Å². The van der Waals surface area contributed by atoms with Crippen LogP contribution in [0.15, 0.2) is 12.3 Å². The average molecular weight is 303 g/mol. The van der Waals surface area contributed by atoms with Crippen LogP contribution in [0, 0.1) is 0 Å². The van der Waals surface area contributed by atoms with Gasteiger partial charge in [-0.2, -0.15) is 13.2 Å². The van der Waals surface area contributed by atoms with E-state index in [1.807, 2.05) is 5.32 Å². The summed E-state index contributed by atoms with van der Waals surface area (Å²) in [6.45, 7) is -0.974. The normalized spacial score (nSPS) is 13.2. The van der Waals surface area contributed by atoms with Crippen molar-refractivity contribution >= 4 is 29.1 Å². The van der Waals surface area contributed by atoms with Crippen LogP contribution in [0.25, 0.3) is 0 Å². The fourth-order valence-electron chi connectivity index (χ4n) is 0.988. The van der Waals surface area contributed by atoms with Crippen molar-refractivity contribution in [2.24, 2.45) is 0 Å². The first-order valence-corrected chi connectivity index (χ1v) is 5.31. The van der Waals surface area contributed by atoms with E-state index >= 15 is 0 Å². The quantitative estimate of drug-likeness (QED) is 0.840. The molecular formula is C9H7Cl2F3N2O2. The third-order valence-corrected chi connectivity index (χ3v) is 2.41. The van der Waals surface area contributed by atoms with E-state index < -0.39 is 24.7 Å². The predicted molar refractivity (Wildman–Crippen MR) is 58.7 cm³/mol. The van der Waals surface area contributed by atoms with Crippen molar-refractivity contribution < 1.29 is 23.1 Å². The van der Waals surface area contributed by atoms with E-state index in [4.69, 9.17) is 28.3 Å². The molecule has 18 heavy (non-hydrogen) atoms. The molecule has 9 heteroatoms. The van der Waals surface area contributed by atoms with E-state index in [1.54, 1.807) is 0 Å². The maximum Gasteiger partial charge on any atom is 0.416 e. The minimum Gasteiger partial charge on any atom is -0.382 e. The van der Waals surface area contributed by atoms with E-state index in [0.717, 1.165) is 12.3 Å². The summed E-state index contributed by atoms with van der Waals surface area (Å²) in [6, 6.07) is 1.11. The van der Waals surface area contributed by atoms with Gasteiger partial charge in [-0.1, -0.05) is 23.2 Å². The van der Waals surface area contributed by atoms with Gasteiger partial charge >= 0.3 is 6.18 Å². The molecule has 1 rings (SSSR count). The minimum absolute atomic E-state index is 0.0269. The summed E-state index contributed by atoms with van der Waals surface area (Å²) in [5.41, 5.74) is -0.119. The highest BCUT2D eigenvalue weighted by atomic mass is 35.5. The van der Waals surface area contributed by atoms with Crippen molar-refractivity contribution in [2.45, 2.75) is 12.3 Å². The zero-order valence-corrected chi connectivity index (χ0v) is 10.1. The molecule has 0 aliphatic heterocycles. The van der Waals surface area contributed by atoms with Gasteiger partial charge in [0.2, 0.25) is 0 Å². The summed E-state index contributed by atoms with van der Waals surface area (Å²) in [6.07, 6.45) is -6.34. The third-order valence-electron chi connectivity index (χ3n) is 1.90. The molecule has 0 radical (unpaired) electrons. The second-order valence-electron chi connectivity index (χ2n) is 3.25. The fraction of sp³-hybridized carbons (Fsp3) is 0.333. The Morgan fingerprint density at radius 3 is 2.67 bits per heavy atom. The van der Waals surface area contributed by atoms with E-state index in [0.29, 0.717) is 0 Å². The molecule has 1 atom stereocenters. The molecule has 0 bridgehead atoms. The molecule has 0 aliphatic rings. The largest absolute Gasteiger partial charge is 0.416 e. The molecule has 1 unspecified atom stereocenters. The number of aliphatic hydroxyl groups is 1. The standard InChI is InChI=1S/C9H7Cl2F3N2O2/c10-5-2-15-7(11)1-4(5)8(18)16-3-6(17)9(12,13)14/h1-2,6,17H,3H2,(H,16,18). The predicted octanol–water partition coefficient (Wildman–Crippen LogP) is 2.04. The lowest BCUT2D eigenvalue weighted by atomic mass is 10.2. The highest BCUT2D eigenvalue weighted by Crippen LogP contribution is 2.20. The first-order valence-electron chi connectivity index (χ1n) is 4.56. The van der Waals surface area contributed by atoms with Crippen molar-refractivity contribution in [3.63, 3.8) is 0 Å². The fourth-order valence-corrected chi connectivity index (χ4v) is 1.33. The number of aromatic nitrogens is 1. The summed E-state index contributed by atoms with van der Waals surface area (Å²) < 4.78 is 36.0. The molecule has 1 aromatic heterocycles. The number of hydrogen-bond donors (Lipinski definition) is 2. The highest BCUT2D eigenvalue weighted by molar-refractivity contribution is 6.35. The molecule has 0 saturated carbocycles. The van der Waals surface area contributed by atoms with Crippen LogP contribution < -0.4 is 5.32 Å². The molecule has 0 fully saturated rings. The van der Waals surface area contributed by atoms with Crippen LogP contribution in [-0.2, 0) is 0 Å². The van der Waals surface area contributed by atoms with Crippen molar-refractivity contribution in [3.05, 3.63) is 28.0 Å². The SMILES string of the molecule is O=C(NCC(O)C(F)(F)F)c1cc(Cl)ncc1Cl. The van der Waals surface area contributed by atoms with Crippen molar-refractivity contribution in [2.75, 3.05) is 6.54 Å². The van der Waals surface area contributed by atoms with Gasteiger partial charge in [0.05, 0.1) is 17.1 Å². The van der Waals surface area contributed by atoms with Gasteiger partial charge < -0.3 is 10.4 Å². The number of rotatable bonds is 3. The number of nitrogens with one attached hydrogen (secondary N) is 1. The zero-order valence-electron chi connectivity index (χ0n) is 8.63. The van der Waals surface area contributed by atoms with Gasteiger partial charge in [0, 0.05) is 6.20 Å². The van der Waals surface area contributed by atoms with Gasteiger partial charge in [0.1, 0.15) is 5.15 Å². The Kier molecular flexibility index (Phi) is 4.78. The Hall–Kier alpha value is -1.05. The molecule has 1 amide bonds. The van der Waals surface area contributed by atoms with Gasteiger partial charge in [-0.05, 0) is 6.07 Å². The number of hydrogen-bond acceptors (Lipinski definition) is 3. The number of carbonyl (C=O) groups is 1. The number of amides is 1. The highest BCUT2D eigenvalue weighted by Gasteiger charge is 2.38.